The Hall–Kier alpha value is -6.88. The van der Waals surface area contributed by atoms with Crippen LogP contribution in [0.2, 0.25) is 0 Å². The summed E-state index contributed by atoms with van der Waals surface area (Å²) in [4.78, 5) is 18.4. The Bertz CT molecular complexity index is 3010. The first-order valence-corrected chi connectivity index (χ1v) is 21.7. The molecule has 2 aliphatic heterocycles. The molecule has 3 aliphatic carbocycles. The highest BCUT2D eigenvalue weighted by molar-refractivity contribution is 8.03. The molecule has 0 saturated heterocycles. The molecule has 3 heterocycles. The minimum atomic E-state index is -0.504. The molecule has 5 aliphatic rings. The van der Waals surface area contributed by atoms with Gasteiger partial charge in [0.15, 0.2) is 5.82 Å². The fourth-order valence-corrected chi connectivity index (χ4v) is 11.7. The lowest BCUT2D eigenvalue weighted by Gasteiger charge is -2.44. The van der Waals surface area contributed by atoms with Crippen molar-refractivity contribution < 1.29 is 0 Å². The third kappa shape index (κ3) is 5.41. The smallest absolute Gasteiger partial charge is 0.160 e. The number of allylic oxidation sites excluding steroid dienone is 5. The van der Waals surface area contributed by atoms with Gasteiger partial charge in [0.2, 0.25) is 0 Å². The average molecular weight is 786 g/mol. The van der Waals surface area contributed by atoms with Crippen LogP contribution < -0.4 is 0 Å². The maximum absolute atomic E-state index is 5.44. The van der Waals surface area contributed by atoms with Crippen molar-refractivity contribution in [2.75, 3.05) is 0 Å². The fraction of sp³-hybridized carbons (Fsp3) is 0.0893. The average Bonchev–Trinajstić information content (AvgIpc) is 3.62. The molecule has 0 bridgehead atoms. The summed E-state index contributed by atoms with van der Waals surface area (Å²) in [6, 6.07) is 57.1. The van der Waals surface area contributed by atoms with Gasteiger partial charge in [0.25, 0.3) is 0 Å². The van der Waals surface area contributed by atoms with Gasteiger partial charge in [-0.1, -0.05) is 194 Å². The molecular formula is C56H39N3S. The van der Waals surface area contributed by atoms with Crippen molar-refractivity contribution in [3.05, 3.63) is 232 Å². The van der Waals surface area contributed by atoms with Gasteiger partial charge in [-0.25, -0.2) is 9.97 Å². The van der Waals surface area contributed by atoms with Crippen molar-refractivity contribution in [2.24, 2.45) is 10.9 Å². The minimum absolute atomic E-state index is 0.0734. The Kier molecular flexibility index (Phi) is 8.28. The molecule has 2 unspecified atom stereocenters. The number of nitrogens with zero attached hydrogens (tertiary/aromatic N) is 3. The summed E-state index contributed by atoms with van der Waals surface area (Å²) in [7, 11) is 0. The quantitative estimate of drug-likeness (QED) is 0.174. The van der Waals surface area contributed by atoms with Crippen molar-refractivity contribution >= 4 is 18.0 Å². The lowest BCUT2D eigenvalue weighted by molar-refractivity contribution is 0.642. The molecule has 1 aromatic heterocycles. The highest BCUT2D eigenvalue weighted by Gasteiger charge is 2.53. The van der Waals surface area contributed by atoms with Gasteiger partial charge < -0.3 is 0 Å². The van der Waals surface area contributed by atoms with Crippen LogP contribution >= 0.6 is 11.8 Å². The molecule has 2 atom stereocenters. The summed E-state index contributed by atoms with van der Waals surface area (Å²) in [5.41, 5.74) is 17.6. The number of fused-ring (bicyclic) bond motifs is 10. The molecule has 12 rings (SSSR count). The van der Waals surface area contributed by atoms with Gasteiger partial charge in [-0.15, -0.1) is 0 Å². The van der Waals surface area contributed by atoms with Gasteiger partial charge in [-0.05, 0) is 80.6 Å². The number of aliphatic imine (C=N–C) groups is 1. The second kappa shape index (κ2) is 14.1. The van der Waals surface area contributed by atoms with Gasteiger partial charge in [0.1, 0.15) is 0 Å². The normalized spacial score (nSPS) is 18.9. The predicted molar refractivity (Wildman–Crippen MR) is 248 cm³/mol. The van der Waals surface area contributed by atoms with E-state index in [0.29, 0.717) is 5.82 Å². The Labute approximate surface area is 355 Å². The maximum atomic E-state index is 5.44. The van der Waals surface area contributed by atoms with Crippen molar-refractivity contribution in [3.8, 4) is 56.2 Å². The van der Waals surface area contributed by atoms with Gasteiger partial charge >= 0.3 is 0 Å². The molecule has 6 aromatic carbocycles. The van der Waals surface area contributed by atoms with Gasteiger partial charge in [-0.2, -0.15) is 0 Å². The van der Waals surface area contributed by atoms with Crippen molar-refractivity contribution in [1.82, 2.24) is 9.97 Å². The van der Waals surface area contributed by atoms with Crippen LogP contribution in [0.15, 0.2) is 226 Å². The fourth-order valence-electron chi connectivity index (χ4n) is 10.2. The van der Waals surface area contributed by atoms with Crippen LogP contribution in [-0.2, 0) is 5.41 Å². The molecule has 0 fully saturated rings. The molecular weight excluding hydrogens is 747 g/mol. The molecule has 284 valence electrons. The highest BCUT2D eigenvalue weighted by atomic mass is 32.2. The number of aromatic nitrogens is 2. The third-order valence-corrected chi connectivity index (χ3v) is 14.2. The van der Waals surface area contributed by atoms with Crippen LogP contribution in [-0.4, -0.2) is 22.2 Å². The van der Waals surface area contributed by atoms with E-state index in [9.17, 15) is 0 Å². The molecule has 0 radical (unpaired) electrons. The highest BCUT2D eigenvalue weighted by Crippen LogP contribution is 2.66. The van der Waals surface area contributed by atoms with Crippen LogP contribution in [0.25, 0.3) is 56.2 Å². The molecule has 60 heavy (non-hydrogen) atoms. The molecule has 4 heteroatoms. The van der Waals surface area contributed by atoms with E-state index in [2.05, 4.69) is 188 Å². The van der Waals surface area contributed by atoms with E-state index < -0.39 is 5.41 Å². The molecule has 1 spiro atoms. The molecule has 0 amide bonds. The van der Waals surface area contributed by atoms with Crippen LogP contribution in [0, 0.1) is 5.92 Å². The molecule has 7 aromatic rings. The number of rotatable bonds is 5. The van der Waals surface area contributed by atoms with E-state index in [4.69, 9.17) is 15.0 Å². The topological polar surface area (TPSA) is 38.1 Å². The van der Waals surface area contributed by atoms with Crippen LogP contribution in [0.4, 0.5) is 0 Å². The zero-order chi connectivity index (χ0) is 39.6. The Morgan fingerprint density at radius 2 is 1.17 bits per heavy atom. The van der Waals surface area contributed by atoms with E-state index in [1.54, 1.807) is 0 Å². The maximum Gasteiger partial charge on any atom is 0.160 e. The number of thioether (sulfide) groups is 1. The molecule has 3 nitrogen and oxygen atoms in total. The lowest BCUT2D eigenvalue weighted by Crippen LogP contribution is -2.35. The summed E-state index contributed by atoms with van der Waals surface area (Å²) in [6.45, 7) is 0. The van der Waals surface area contributed by atoms with Gasteiger partial charge in [0.05, 0.1) is 22.8 Å². The second-order valence-corrected chi connectivity index (χ2v) is 17.1. The largest absolute Gasteiger partial charge is 0.284 e. The second-order valence-electron chi connectivity index (χ2n) is 16.1. The van der Waals surface area contributed by atoms with E-state index in [1.807, 2.05) is 24.0 Å². The summed E-state index contributed by atoms with van der Waals surface area (Å²) >= 11 is 1.93. The summed E-state index contributed by atoms with van der Waals surface area (Å²) in [6.07, 6.45) is 17.8. The van der Waals surface area contributed by atoms with Gasteiger partial charge in [-0.3, -0.25) is 4.99 Å². The molecule has 0 saturated carbocycles. The summed E-state index contributed by atoms with van der Waals surface area (Å²) < 4.78 is 0. The van der Waals surface area contributed by atoms with E-state index >= 15 is 0 Å². The van der Waals surface area contributed by atoms with Crippen LogP contribution in [0.1, 0.15) is 29.5 Å². The molecule has 0 N–H and O–H groups in total. The zero-order valence-electron chi connectivity index (χ0n) is 32.9. The number of benzene rings is 6. The van der Waals surface area contributed by atoms with Crippen molar-refractivity contribution in [1.29, 1.82) is 0 Å². The number of hydrogen-bond acceptors (Lipinski definition) is 4. The summed E-state index contributed by atoms with van der Waals surface area (Å²) in [5.74, 6) is 0.972. The lowest BCUT2D eigenvalue weighted by atomic mass is 9.64. The monoisotopic (exact) mass is 785 g/mol. The third-order valence-electron chi connectivity index (χ3n) is 12.9. The first-order valence-electron chi connectivity index (χ1n) is 20.9. The number of hydrogen-bond donors (Lipinski definition) is 0. The van der Waals surface area contributed by atoms with Crippen molar-refractivity contribution in [2.45, 2.75) is 29.2 Å². The summed E-state index contributed by atoms with van der Waals surface area (Å²) in [5, 5.41) is 0. The van der Waals surface area contributed by atoms with Crippen LogP contribution in [0.5, 0.6) is 0 Å². The predicted octanol–water partition coefficient (Wildman–Crippen LogP) is 13.7. The van der Waals surface area contributed by atoms with E-state index in [1.165, 1.54) is 65.5 Å². The van der Waals surface area contributed by atoms with E-state index in [-0.39, 0.29) is 12.0 Å². The minimum Gasteiger partial charge on any atom is -0.284 e. The standard InChI is InChI=1S/C56H39N3S/c1-3-15-36(16-4-1)37-30-32-38(33-31-37)50-35-51(59-55(58-50)40-17-5-2-6-18-40)45-25-13-29-49-54(45)60-53-44(43-23-11-19-39-20-14-34-57-52(39)43)24-12-28-48(53)56(49)46-26-9-7-21-41(46)42-22-8-10-27-47(42)56/h1-11,13-23,25-35,39,52H,12,24H2. The van der Waals surface area contributed by atoms with Crippen LogP contribution in [0.3, 0.4) is 0 Å². The Balaban J connectivity index is 1.11. The first-order chi connectivity index (χ1) is 29.8. The Morgan fingerprint density at radius 1 is 0.550 bits per heavy atom. The first kappa shape index (κ1) is 35.1. The number of dihydropyridines is 1. The van der Waals surface area contributed by atoms with E-state index in [0.717, 1.165) is 40.9 Å². The zero-order valence-corrected chi connectivity index (χ0v) is 33.7. The van der Waals surface area contributed by atoms with Crippen molar-refractivity contribution in [3.63, 3.8) is 0 Å². The Morgan fingerprint density at radius 3 is 1.93 bits per heavy atom. The van der Waals surface area contributed by atoms with Gasteiger partial charge in [0, 0.05) is 38.6 Å². The SMILES string of the molecule is C1=CC2C=CC=C(C3=C4Sc5c(-c6cc(-c7ccc(-c8ccccc8)cc7)nc(-c7ccccc7)n6)cccc5C5(C4=CCC3)c3ccccc3-c3ccccc35)C2N=C1.